The molecule has 11 nitrogen and oxygen atoms in total. The molecule has 0 spiro atoms. The molecule has 0 aromatic carbocycles. The van der Waals surface area contributed by atoms with Gasteiger partial charge in [-0.05, 0) is 45.3 Å². The van der Waals surface area contributed by atoms with Crippen molar-refractivity contribution in [3.05, 3.63) is 0 Å². The number of methoxy groups -OCH3 is 1. The number of ether oxygens (including phenoxy) is 1. The number of likely N-dealkylation sites (tertiary alicyclic amines) is 1. The van der Waals surface area contributed by atoms with Crippen molar-refractivity contribution >= 4 is 10.0 Å². The fraction of sp³-hybridized carbons (Fsp3) is 1.00. The van der Waals surface area contributed by atoms with Gasteiger partial charge in [-0.3, -0.25) is 10.7 Å². The second-order valence-corrected chi connectivity index (χ2v) is 12.0. The summed E-state index contributed by atoms with van der Waals surface area (Å²) in [5.41, 5.74) is 9.29. The van der Waals surface area contributed by atoms with Gasteiger partial charge in [0.15, 0.2) is 0 Å². The first kappa shape index (κ1) is 25.7. The third-order valence-corrected chi connectivity index (χ3v) is 9.78. The number of nitrogens with one attached hydrogen (secondary N) is 5. The summed E-state index contributed by atoms with van der Waals surface area (Å²) in [5, 5.41) is 11.6. The Labute approximate surface area is 198 Å². The van der Waals surface area contributed by atoms with Crippen LogP contribution in [0, 0.1) is 5.92 Å². The maximum Gasteiger partial charge on any atom is 0.217 e. The fourth-order valence-electron chi connectivity index (χ4n) is 6.01. The molecule has 4 aliphatic heterocycles. The number of nitrogens with two attached hydrogens (primary N) is 1. The number of nitrogens with zero attached hydrogens (tertiary/aromatic N) is 2. The molecule has 0 amide bonds. The molecule has 12 heteroatoms. The van der Waals surface area contributed by atoms with Crippen molar-refractivity contribution in [3.63, 3.8) is 0 Å². The smallest absolute Gasteiger partial charge is 0.217 e. The molecule has 7 atom stereocenters. The Balaban J connectivity index is 1.35. The van der Waals surface area contributed by atoms with Crippen molar-refractivity contribution in [2.75, 3.05) is 60.0 Å². The van der Waals surface area contributed by atoms with Gasteiger partial charge in [0.1, 0.15) is 11.5 Å². The van der Waals surface area contributed by atoms with Gasteiger partial charge in [-0.15, -0.1) is 0 Å². The van der Waals surface area contributed by atoms with Crippen molar-refractivity contribution in [3.8, 4) is 0 Å². The first-order valence-corrected chi connectivity index (χ1v) is 14.1. The second kappa shape index (κ2) is 11.5. The van der Waals surface area contributed by atoms with Gasteiger partial charge >= 0.3 is 0 Å². The Morgan fingerprint density at radius 2 is 1.97 bits per heavy atom. The van der Waals surface area contributed by atoms with Crippen LogP contribution in [-0.4, -0.2) is 114 Å². The lowest BCUT2D eigenvalue weighted by atomic mass is 9.90. The molecule has 0 aromatic heterocycles. The molecule has 192 valence electrons. The van der Waals surface area contributed by atoms with Crippen LogP contribution < -0.4 is 31.8 Å². The summed E-state index contributed by atoms with van der Waals surface area (Å²) < 4.78 is 35.3. The SMILES string of the molecule is COC1NCC2CNN(C)C2C1NS(=O)(=O)C(CN)CNC1CC(N2CCCCC2)CCN1. The predicted molar refractivity (Wildman–Crippen MR) is 129 cm³/mol. The highest BCUT2D eigenvalue weighted by atomic mass is 32.2. The Bertz CT molecular complexity index is 722. The van der Waals surface area contributed by atoms with E-state index >= 15 is 0 Å². The maximum absolute atomic E-state index is 13.4. The van der Waals surface area contributed by atoms with E-state index < -0.39 is 21.3 Å². The fourth-order valence-corrected chi connectivity index (χ4v) is 7.42. The predicted octanol–water partition coefficient (Wildman–Crippen LogP) is -2.23. The van der Waals surface area contributed by atoms with Gasteiger partial charge in [-0.25, -0.2) is 18.1 Å². The van der Waals surface area contributed by atoms with Gasteiger partial charge < -0.3 is 26.0 Å². The summed E-state index contributed by atoms with van der Waals surface area (Å²) in [7, 11) is -0.0960. The summed E-state index contributed by atoms with van der Waals surface area (Å²) in [6.45, 7) is 5.29. The molecule has 4 saturated heterocycles. The third-order valence-electron chi connectivity index (χ3n) is 7.94. The lowest BCUT2D eigenvalue weighted by Gasteiger charge is -2.42. The van der Waals surface area contributed by atoms with E-state index in [-0.39, 0.29) is 25.0 Å². The van der Waals surface area contributed by atoms with E-state index in [9.17, 15) is 8.42 Å². The Hall–Kier alpha value is -0.410. The zero-order chi connectivity index (χ0) is 23.4. The minimum Gasteiger partial charge on any atom is -0.365 e. The summed E-state index contributed by atoms with van der Waals surface area (Å²) >= 11 is 0. The van der Waals surface area contributed by atoms with Crippen LogP contribution in [0.1, 0.15) is 32.1 Å². The van der Waals surface area contributed by atoms with Crippen molar-refractivity contribution in [2.24, 2.45) is 11.7 Å². The molecule has 7 N–H and O–H groups in total. The number of hydrogen-bond acceptors (Lipinski definition) is 10. The zero-order valence-electron chi connectivity index (χ0n) is 20.1. The molecule has 0 aliphatic carbocycles. The maximum atomic E-state index is 13.4. The van der Waals surface area contributed by atoms with Crippen LogP contribution in [0.2, 0.25) is 0 Å². The molecule has 0 bridgehead atoms. The monoisotopic (exact) mass is 488 g/mol. The molecule has 4 heterocycles. The summed E-state index contributed by atoms with van der Waals surface area (Å²) in [6, 6.07) is 0.181. The highest BCUT2D eigenvalue weighted by Gasteiger charge is 2.47. The number of rotatable bonds is 9. The first-order chi connectivity index (χ1) is 15.9. The topological polar surface area (TPSA) is 136 Å². The highest BCUT2D eigenvalue weighted by Crippen LogP contribution is 2.25. The van der Waals surface area contributed by atoms with Crippen molar-refractivity contribution in [2.45, 2.75) is 67.9 Å². The van der Waals surface area contributed by atoms with Crippen LogP contribution in [-0.2, 0) is 14.8 Å². The molecule has 4 aliphatic rings. The van der Waals surface area contributed by atoms with Crippen molar-refractivity contribution < 1.29 is 13.2 Å². The number of piperidine rings is 3. The molecule has 33 heavy (non-hydrogen) atoms. The summed E-state index contributed by atoms with van der Waals surface area (Å²) in [6.07, 6.45) is 5.75. The third kappa shape index (κ3) is 6.05. The molecular formula is C21H44N8O3S. The molecule has 0 saturated carbocycles. The highest BCUT2D eigenvalue weighted by molar-refractivity contribution is 7.90. The second-order valence-electron chi connectivity index (χ2n) is 10.0. The van der Waals surface area contributed by atoms with Gasteiger partial charge in [0.2, 0.25) is 10.0 Å². The van der Waals surface area contributed by atoms with Gasteiger partial charge in [-0.1, -0.05) is 6.42 Å². The quantitative estimate of drug-likeness (QED) is 0.212. The van der Waals surface area contributed by atoms with E-state index in [4.69, 9.17) is 10.5 Å². The van der Waals surface area contributed by atoms with Gasteiger partial charge in [-0.2, -0.15) is 0 Å². The molecule has 4 fully saturated rings. The lowest BCUT2D eigenvalue weighted by molar-refractivity contribution is -0.0106. The zero-order valence-corrected chi connectivity index (χ0v) is 20.9. The number of hydrogen-bond donors (Lipinski definition) is 6. The Kier molecular flexibility index (Phi) is 8.99. The number of likely N-dealkylation sites (N-methyl/N-ethyl adjacent to an activating group) is 1. The average molecular weight is 489 g/mol. The van der Waals surface area contributed by atoms with Crippen LogP contribution in [0.3, 0.4) is 0 Å². The summed E-state index contributed by atoms with van der Waals surface area (Å²) in [4.78, 5) is 2.61. The van der Waals surface area contributed by atoms with E-state index in [1.807, 2.05) is 12.1 Å². The first-order valence-electron chi connectivity index (χ1n) is 12.6. The van der Waals surface area contributed by atoms with Crippen LogP contribution in [0.25, 0.3) is 0 Å². The molecule has 0 radical (unpaired) electrons. The average Bonchev–Trinajstić information content (AvgIpc) is 3.21. The van der Waals surface area contributed by atoms with Crippen LogP contribution in [0.4, 0.5) is 0 Å². The van der Waals surface area contributed by atoms with E-state index in [1.165, 1.54) is 32.4 Å². The van der Waals surface area contributed by atoms with Crippen molar-refractivity contribution in [1.29, 1.82) is 0 Å². The Morgan fingerprint density at radius 1 is 1.18 bits per heavy atom. The van der Waals surface area contributed by atoms with E-state index in [1.54, 1.807) is 7.11 Å². The minimum absolute atomic E-state index is 0.0164. The largest absolute Gasteiger partial charge is 0.365 e. The molecular weight excluding hydrogens is 444 g/mol. The lowest BCUT2D eigenvalue weighted by Crippen LogP contribution is -2.67. The minimum atomic E-state index is -3.66. The molecule has 7 unspecified atom stereocenters. The van der Waals surface area contributed by atoms with Crippen LogP contribution in [0.15, 0.2) is 0 Å². The van der Waals surface area contributed by atoms with Crippen LogP contribution >= 0.6 is 0 Å². The van der Waals surface area contributed by atoms with E-state index in [0.29, 0.717) is 18.5 Å². The number of hydrazine groups is 1. The van der Waals surface area contributed by atoms with Crippen molar-refractivity contribution in [1.82, 2.24) is 36.0 Å². The summed E-state index contributed by atoms with van der Waals surface area (Å²) in [5.74, 6) is 0.307. The van der Waals surface area contributed by atoms with Gasteiger partial charge in [0, 0.05) is 58.3 Å². The number of fused-ring (bicyclic) bond motifs is 1. The van der Waals surface area contributed by atoms with E-state index in [0.717, 1.165) is 32.5 Å². The number of sulfonamides is 1. The Morgan fingerprint density at radius 3 is 2.70 bits per heavy atom. The standard InChI is InChI=1S/C21H44N8O3S/c1-28-20-15(13-26-28)12-25-21(32-2)19(20)27-33(30,31)17(11-22)14-24-18-10-16(6-7-23-18)29-8-4-3-5-9-29/h15-21,23-27H,3-14,22H2,1-2H3. The van der Waals surface area contributed by atoms with Gasteiger partial charge in [0.25, 0.3) is 0 Å². The van der Waals surface area contributed by atoms with Crippen LogP contribution in [0.5, 0.6) is 0 Å². The van der Waals surface area contributed by atoms with Gasteiger partial charge in [0.05, 0.1) is 12.2 Å². The normalized spacial score (nSPS) is 37.7. The van der Waals surface area contributed by atoms with E-state index in [2.05, 4.69) is 31.0 Å². The molecule has 0 aromatic rings. The molecule has 4 rings (SSSR count).